The van der Waals surface area contributed by atoms with Gasteiger partial charge in [-0.05, 0) is 62.8 Å². The van der Waals surface area contributed by atoms with Crippen LogP contribution in [0.5, 0.6) is 0 Å². The second-order valence-electron chi connectivity index (χ2n) is 7.21. The second kappa shape index (κ2) is 7.48. The van der Waals surface area contributed by atoms with E-state index in [9.17, 15) is 4.79 Å². The van der Waals surface area contributed by atoms with Crippen molar-refractivity contribution >= 4 is 11.5 Å². The highest BCUT2D eigenvalue weighted by Crippen LogP contribution is 2.30. The highest BCUT2D eigenvalue weighted by Gasteiger charge is 2.27. The largest absolute Gasteiger partial charge is 0.369 e. The number of ketones is 1. The van der Waals surface area contributed by atoms with Gasteiger partial charge in [0.05, 0.1) is 0 Å². The van der Waals surface area contributed by atoms with E-state index in [1.54, 1.807) is 6.92 Å². The van der Waals surface area contributed by atoms with Crippen LogP contribution in [0.1, 0.15) is 56.3 Å². The van der Waals surface area contributed by atoms with Crippen LogP contribution >= 0.6 is 0 Å². The summed E-state index contributed by atoms with van der Waals surface area (Å²) in [5, 5.41) is 0. The van der Waals surface area contributed by atoms with Crippen LogP contribution in [0.2, 0.25) is 0 Å². The maximum atomic E-state index is 11.4. The molecule has 1 heterocycles. The van der Waals surface area contributed by atoms with E-state index in [2.05, 4.69) is 28.9 Å². The molecule has 2 aliphatic rings. The predicted molar refractivity (Wildman–Crippen MR) is 96.3 cm³/mol. The van der Waals surface area contributed by atoms with Gasteiger partial charge in [-0.3, -0.25) is 9.69 Å². The van der Waals surface area contributed by atoms with Crippen molar-refractivity contribution < 1.29 is 4.79 Å². The van der Waals surface area contributed by atoms with E-state index < -0.39 is 0 Å². The molecule has 0 spiro atoms. The number of anilines is 1. The fourth-order valence-corrected chi connectivity index (χ4v) is 4.17. The minimum Gasteiger partial charge on any atom is -0.369 e. The molecule has 0 N–H and O–H groups in total. The summed E-state index contributed by atoms with van der Waals surface area (Å²) in [6.07, 6.45) is 7.00. The smallest absolute Gasteiger partial charge is 0.159 e. The second-order valence-corrected chi connectivity index (χ2v) is 7.21. The van der Waals surface area contributed by atoms with Gasteiger partial charge in [0.1, 0.15) is 0 Å². The Bertz CT molecular complexity index is 509. The molecule has 23 heavy (non-hydrogen) atoms. The van der Waals surface area contributed by atoms with E-state index in [-0.39, 0.29) is 5.78 Å². The van der Waals surface area contributed by atoms with Crippen LogP contribution in [-0.2, 0) is 0 Å². The molecule has 1 aromatic carbocycles. The molecule has 0 aromatic heterocycles. The minimum absolute atomic E-state index is 0.143. The molecule has 3 rings (SSSR count). The Morgan fingerprint density at radius 1 is 1.00 bits per heavy atom. The van der Waals surface area contributed by atoms with E-state index in [0.29, 0.717) is 0 Å². The summed E-state index contributed by atoms with van der Waals surface area (Å²) < 4.78 is 0. The van der Waals surface area contributed by atoms with Crippen LogP contribution < -0.4 is 4.90 Å². The van der Waals surface area contributed by atoms with Crippen LogP contribution in [-0.4, -0.2) is 42.9 Å². The third kappa shape index (κ3) is 3.95. The van der Waals surface area contributed by atoms with E-state index in [1.165, 1.54) is 50.9 Å². The van der Waals surface area contributed by atoms with Crippen molar-refractivity contribution in [3.63, 3.8) is 0 Å². The van der Waals surface area contributed by atoms with E-state index in [4.69, 9.17) is 0 Å². The van der Waals surface area contributed by atoms with Gasteiger partial charge in [0.15, 0.2) is 5.78 Å². The number of carbonyl (C=O) groups is 1. The first-order chi connectivity index (χ1) is 11.2. The molecule has 3 nitrogen and oxygen atoms in total. The zero-order valence-electron chi connectivity index (χ0n) is 14.6. The van der Waals surface area contributed by atoms with Gasteiger partial charge in [-0.2, -0.15) is 0 Å². The Morgan fingerprint density at radius 2 is 1.61 bits per heavy atom. The fourth-order valence-electron chi connectivity index (χ4n) is 4.17. The van der Waals surface area contributed by atoms with Crippen molar-refractivity contribution in [2.75, 3.05) is 31.1 Å². The van der Waals surface area contributed by atoms with Gasteiger partial charge in [-0.1, -0.05) is 13.3 Å². The van der Waals surface area contributed by atoms with Gasteiger partial charge >= 0.3 is 0 Å². The third-order valence-corrected chi connectivity index (χ3v) is 5.86. The van der Waals surface area contributed by atoms with Gasteiger partial charge in [-0.15, -0.1) is 0 Å². The van der Waals surface area contributed by atoms with E-state index in [0.717, 1.165) is 30.6 Å². The Kier molecular flexibility index (Phi) is 5.37. The summed E-state index contributed by atoms with van der Waals surface area (Å²) in [5.41, 5.74) is 2.06. The Hall–Kier alpha value is -1.35. The van der Waals surface area contributed by atoms with Gasteiger partial charge in [0.2, 0.25) is 0 Å². The molecule has 0 unspecified atom stereocenters. The molecule has 126 valence electrons. The van der Waals surface area contributed by atoms with Crippen molar-refractivity contribution in [2.24, 2.45) is 5.92 Å². The van der Waals surface area contributed by atoms with Crippen molar-refractivity contribution in [1.29, 1.82) is 0 Å². The lowest BCUT2D eigenvalue weighted by atomic mass is 9.84. The Balaban J connectivity index is 1.51. The monoisotopic (exact) mass is 314 g/mol. The number of piperazine rings is 1. The molecule has 0 amide bonds. The molecular formula is C20H30N2O. The normalized spacial score (nSPS) is 26.3. The SMILES string of the molecule is CCC1CCC(N2CCN(c3ccc(C(C)=O)cc3)CC2)CC1. The van der Waals surface area contributed by atoms with Gasteiger partial charge < -0.3 is 4.90 Å². The first-order valence-electron chi connectivity index (χ1n) is 9.27. The van der Waals surface area contributed by atoms with E-state index >= 15 is 0 Å². The van der Waals surface area contributed by atoms with Gasteiger partial charge in [-0.25, -0.2) is 0 Å². The number of benzene rings is 1. The molecular weight excluding hydrogens is 284 g/mol. The Morgan fingerprint density at radius 3 is 2.13 bits per heavy atom. The third-order valence-electron chi connectivity index (χ3n) is 5.86. The van der Waals surface area contributed by atoms with Crippen LogP contribution in [0.25, 0.3) is 0 Å². The topological polar surface area (TPSA) is 23.6 Å². The first kappa shape index (κ1) is 16.5. The maximum Gasteiger partial charge on any atom is 0.159 e. The summed E-state index contributed by atoms with van der Waals surface area (Å²) in [5.74, 6) is 1.12. The number of carbonyl (C=O) groups excluding carboxylic acids is 1. The van der Waals surface area contributed by atoms with Crippen molar-refractivity contribution in [3.8, 4) is 0 Å². The zero-order chi connectivity index (χ0) is 16.2. The van der Waals surface area contributed by atoms with Gasteiger partial charge in [0, 0.05) is 43.5 Å². The summed E-state index contributed by atoms with van der Waals surface area (Å²) >= 11 is 0. The summed E-state index contributed by atoms with van der Waals surface area (Å²) in [4.78, 5) is 16.5. The summed E-state index contributed by atoms with van der Waals surface area (Å²) in [6.45, 7) is 8.52. The highest BCUT2D eigenvalue weighted by molar-refractivity contribution is 5.94. The maximum absolute atomic E-state index is 11.4. The van der Waals surface area contributed by atoms with Crippen LogP contribution in [0.4, 0.5) is 5.69 Å². The standard InChI is InChI=1S/C20H30N2O/c1-3-17-4-8-19(9-5-17)21-12-14-22(15-13-21)20-10-6-18(7-11-20)16(2)23/h6-7,10-11,17,19H,3-5,8-9,12-15H2,1-2H3. The first-order valence-corrected chi connectivity index (χ1v) is 9.27. The average molecular weight is 314 g/mol. The van der Waals surface area contributed by atoms with Gasteiger partial charge in [0.25, 0.3) is 0 Å². The molecule has 0 bridgehead atoms. The Labute approximate surface area is 140 Å². The summed E-state index contributed by atoms with van der Waals surface area (Å²) in [6, 6.07) is 8.92. The molecule has 2 fully saturated rings. The number of rotatable bonds is 4. The lowest BCUT2D eigenvalue weighted by Gasteiger charge is -2.42. The van der Waals surface area contributed by atoms with Crippen LogP contribution in [0.15, 0.2) is 24.3 Å². The zero-order valence-corrected chi connectivity index (χ0v) is 14.6. The predicted octanol–water partition coefficient (Wildman–Crippen LogP) is 3.98. The molecule has 0 radical (unpaired) electrons. The minimum atomic E-state index is 0.143. The van der Waals surface area contributed by atoms with E-state index in [1.807, 2.05) is 12.1 Å². The molecule has 1 aliphatic heterocycles. The number of hydrogen-bond donors (Lipinski definition) is 0. The van der Waals surface area contributed by atoms with Crippen LogP contribution in [0.3, 0.4) is 0 Å². The quantitative estimate of drug-likeness (QED) is 0.785. The van der Waals surface area contributed by atoms with Crippen molar-refractivity contribution in [1.82, 2.24) is 4.90 Å². The molecule has 1 aromatic rings. The molecule has 1 saturated heterocycles. The molecule has 0 atom stereocenters. The summed E-state index contributed by atoms with van der Waals surface area (Å²) in [7, 11) is 0. The highest BCUT2D eigenvalue weighted by atomic mass is 16.1. The number of hydrogen-bond acceptors (Lipinski definition) is 3. The molecule has 1 aliphatic carbocycles. The number of Topliss-reactive ketones (excluding diaryl/α,β-unsaturated/α-hetero) is 1. The van der Waals surface area contributed by atoms with Crippen molar-refractivity contribution in [3.05, 3.63) is 29.8 Å². The lowest BCUT2D eigenvalue weighted by molar-refractivity contribution is 0.101. The van der Waals surface area contributed by atoms with Crippen molar-refractivity contribution in [2.45, 2.75) is 52.0 Å². The number of nitrogens with zero attached hydrogens (tertiary/aromatic N) is 2. The molecule has 1 saturated carbocycles. The fraction of sp³-hybridized carbons (Fsp3) is 0.650. The van der Waals surface area contributed by atoms with Crippen LogP contribution in [0, 0.1) is 5.92 Å². The molecule has 3 heteroatoms. The average Bonchev–Trinajstić information content (AvgIpc) is 2.62. The lowest BCUT2D eigenvalue weighted by Crippen LogP contribution is -2.51.